The maximum Gasteiger partial charge on any atom is 0.336 e. The highest BCUT2D eigenvalue weighted by atomic mass is 32.1. The van der Waals surface area contributed by atoms with Gasteiger partial charge in [0, 0.05) is 97.1 Å². The Bertz CT molecular complexity index is 4680. The number of nitrogens with two attached hydrogens (primary N) is 2. The van der Waals surface area contributed by atoms with Gasteiger partial charge in [0.05, 0.1) is 70.4 Å². The number of nitrogens with zero attached hydrogens (tertiary/aromatic N) is 1. The van der Waals surface area contributed by atoms with Crippen LogP contribution in [-0.4, -0.2) is 302 Å². The number of fused-ring (bicyclic) bond motifs is 2. The quantitative estimate of drug-likeness (QED) is 0.00574. The normalized spacial score (nSPS) is 14.5. The molecule has 0 aliphatic carbocycles. The highest BCUT2D eigenvalue weighted by Crippen LogP contribution is 2.23. The van der Waals surface area contributed by atoms with Gasteiger partial charge in [-0.2, -0.15) is 25.3 Å². The zero-order valence-electron chi connectivity index (χ0n) is 74.0. The number of aliphatic hydroxyl groups excluding tert-OH is 1. The standard InChI is InChI=1S/C83H124N22O24S2/c1-42(2)30-56(71(113)92-38-64(108)95-55(19-20-65(109)110)72(114)98-57(31-43(3)4)76(118)104-66(44(5)6)79(121)100-59(33-48-36-91-54-18-12-10-15-51(48)54)74(116)101-62(40-131)78(120)105-67(46(8)106)81(123)124)97-75(117)60(34-49-37-87-41-93-49)99-73(115)58(32-47-35-90-53-17-11-9-14-50(47)53)96-69(111)45(7)94-77(119)61(39-130)102-80(122)68(82(125)126)103-63(107)21-24-127-26-28-129-29-27-128-25-23-88-70(112)52(84)16-13-22-89-83(85)86/h9-12,14-15,17-18,35-37,41-46,52,55-62,66-68,90-91,106,130-131H,13,16,19-34,38-40,84H2,1-8H3,(H,87,93)(H,88,112)(H,92,113)(H,94,119)(H,95,108)(H,96,111)(H,97,117)(H,98,114)(H,99,115)(H,100,121)(H,101,116)(H,102,122)(H,103,107)(H,104,118)(H,105,120)(H,109,110)(H,123,124)(H,125,126)(H4,85,86,89)/t45-,46+,52+,55-,56-,57-,58-,59-,60-,61-,62-,66-,67-,68+/m0/s1. The molecule has 0 fully saturated rings. The number of thiol groups is 2. The number of nitrogens with one attached hydrogen (secondary N) is 19. The summed E-state index contributed by atoms with van der Waals surface area (Å²) in [5.41, 5.74) is 13.7. The number of ether oxygens (including phenoxy) is 3. The molecule has 3 aromatic heterocycles. The van der Waals surface area contributed by atoms with E-state index in [1.54, 1.807) is 102 Å². The van der Waals surface area contributed by atoms with Gasteiger partial charge in [-0.15, -0.1) is 0 Å². The van der Waals surface area contributed by atoms with Crippen LogP contribution < -0.4 is 91.2 Å². The number of carbonyl (C=O) groups is 17. The first kappa shape index (κ1) is 109. The molecule has 5 rings (SSSR count). The van der Waals surface area contributed by atoms with Gasteiger partial charge in [-0.3, -0.25) is 77.3 Å². The number of aliphatic carboxylic acids is 3. The predicted molar refractivity (Wildman–Crippen MR) is 481 cm³/mol. The van der Waals surface area contributed by atoms with E-state index in [1.807, 2.05) is 0 Å². The lowest BCUT2D eigenvalue weighted by Gasteiger charge is -2.29. The van der Waals surface area contributed by atoms with E-state index in [1.165, 1.54) is 19.4 Å². The van der Waals surface area contributed by atoms with Crippen LogP contribution >= 0.6 is 25.3 Å². The number of guanidine groups is 1. The van der Waals surface area contributed by atoms with Crippen LogP contribution in [0.15, 0.2) is 73.4 Å². The second kappa shape index (κ2) is 56.2. The number of aromatic nitrogens is 4. The highest BCUT2D eigenvalue weighted by molar-refractivity contribution is 7.80. The van der Waals surface area contributed by atoms with E-state index in [-0.39, 0.29) is 113 Å². The second-order valence-electron chi connectivity index (χ2n) is 32.0. The fourth-order valence-corrected chi connectivity index (χ4v) is 13.6. The van der Waals surface area contributed by atoms with Crippen LogP contribution in [0.25, 0.3) is 21.8 Å². The molecule has 2 aromatic carbocycles. The number of H-pyrrole nitrogens is 3. The Hall–Kier alpha value is -12.5. The molecule has 0 bridgehead atoms. The third kappa shape index (κ3) is 38.2. The molecule has 5 aromatic rings. The molecule has 0 aliphatic heterocycles. The maximum absolute atomic E-state index is 14.9. The van der Waals surface area contributed by atoms with E-state index >= 15 is 0 Å². The minimum Gasteiger partial charge on any atom is -0.481 e. The fourth-order valence-electron chi connectivity index (χ4n) is 13.1. The smallest absolute Gasteiger partial charge is 0.336 e. The van der Waals surface area contributed by atoms with Crippen LogP contribution in [0.5, 0.6) is 0 Å². The van der Waals surface area contributed by atoms with Crippen LogP contribution in [0.4, 0.5) is 0 Å². The van der Waals surface area contributed by atoms with Crippen molar-refractivity contribution in [1.82, 2.24) is 99.7 Å². The summed E-state index contributed by atoms with van der Waals surface area (Å²) in [5.74, 6) is -20.6. The van der Waals surface area contributed by atoms with Crippen LogP contribution in [0, 0.1) is 23.2 Å². The molecular weight excluding hydrogens is 1750 g/mol. The van der Waals surface area contributed by atoms with Crippen molar-refractivity contribution in [2.24, 2.45) is 29.2 Å². The summed E-state index contributed by atoms with van der Waals surface area (Å²) < 4.78 is 16.3. The zero-order valence-corrected chi connectivity index (χ0v) is 75.8. The van der Waals surface area contributed by atoms with Gasteiger partial charge in [0.15, 0.2) is 12.0 Å². The first-order valence-corrected chi connectivity index (χ1v) is 43.8. The zero-order chi connectivity index (χ0) is 97.1. The molecule has 0 spiro atoms. The number of imidazole rings is 1. The molecule has 27 N–H and O–H groups in total. The number of hydrogen-bond acceptors (Lipinski definition) is 26. The van der Waals surface area contributed by atoms with E-state index in [0.717, 1.165) is 6.92 Å². The van der Waals surface area contributed by atoms with Crippen molar-refractivity contribution >= 4 is 154 Å². The minimum absolute atomic E-state index is 0.0184. The molecule has 3 heterocycles. The molecule has 14 atom stereocenters. The van der Waals surface area contributed by atoms with E-state index in [2.05, 4.69) is 125 Å². The lowest BCUT2D eigenvalue weighted by atomic mass is 9.98. The first-order valence-electron chi connectivity index (χ1n) is 42.5. The van der Waals surface area contributed by atoms with E-state index in [4.69, 9.17) is 31.1 Å². The van der Waals surface area contributed by atoms with Gasteiger partial charge in [-0.1, -0.05) is 77.9 Å². The van der Waals surface area contributed by atoms with E-state index in [9.17, 15) is 102 Å². The van der Waals surface area contributed by atoms with Crippen LogP contribution in [-0.2, 0) is 115 Å². The monoisotopic (exact) mass is 1880 g/mol. The Kier molecular flexibility index (Phi) is 46.7. The third-order valence-electron chi connectivity index (χ3n) is 20.1. The van der Waals surface area contributed by atoms with Gasteiger partial charge in [0.25, 0.3) is 5.91 Å². The van der Waals surface area contributed by atoms with Crippen molar-refractivity contribution in [3.05, 3.63) is 90.3 Å². The van der Waals surface area contributed by atoms with Gasteiger partial charge >= 0.3 is 17.9 Å². The topological polar surface area (TPSA) is 715 Å². The van der Waals surface area contributed by atoms with E-state index < -0.39 is 217 Å². The number of aromatic amines is 3. The van der Waals surface area contributed by atoms with Crippen molar-refractivity contribution in [2.45, 2.75) is 204 Å². The second-order valence-corrected chi connectivity index (χ2v) is 32.8. The molecular formula is C83H124N22O24S2. The molecule has 0 aliphatic rings. The average Bonchev–Trinajstić information content (AvgIpc) is 1.70. The number of rotatable bonds is 61. The van der Waals surface area contributed by atoms with Crippen molar-refractivity contribution in [3.63, 3.8) is 0 Å². The molecule has 0 saturated heterocycles. The van der Waals surface area contributed by atoms with Crippen LogP contribution in [0.1, 0.15) is 117 Å². The van der Waals surface area contributed by atoms with Gasteiger partial charge in [0.1, 0.15) is 60.4 Å². The molecule has 131 heavy (non-hydrogen) atoms. The van der Waals surface area contributed by atoms with Crippen molar-refractivity contribution in [3.8, 4) is 0 Å². The summed E-state index contributed by atoms with van der Waals surface area (Å²) in [6.07, 6.45) is 2.64. The number of hydrogen-bond donors (Lipinski definition) is 27. The third-order valence-corrected chi connectivity index (χ3v) is 20.8. The van der Waals surface area contributed by atoms with E-state index in [0.29, 0.717) is 52.3 Å². The molecule has 14 amide bonds. The van der Waals surface area contributed by atoms with Crippen molar-refractivity contribution < 1.29 is 116 Å². The van der Waals surface area contributed by atoms with Gasteiger partial charge in [-0.05, 0) is 87.0 Å². The summed E-state index contributed by atoms with van der Waals surface area (Å²) in [4.78, 5) is 245. The Labute approximate surface area is 765 Å². The SMILES string of the molecule is CC(C)C[C@H](NC(=O)[C@H](Cc1c[nH]cn1)NC(=O)[C@H](Cc1c[nH]c2ccccc12)NC(=O)[C@H](C)NC(=O)[C@H](CS)NC(=O)[C@@H](NC(=O)CCOCCOCCOCCNC(=O)[C@H](N)CCCNC(=N)N)C(=O)O)C(=O)NCC(=O)N[C@@H](CCC(=O)O)C(=O)N[C@@H](CC(C)C)C(=O)N[C@H](C(=O)N[C@@H](Cc1c[nH]c2ccccc12)C(=O)N[C@@H](CS)C(=O)N[C@H](C(=O)O)[C@@H](C)O)C(C)C. The number of aliphatic hydroxyl groups is 1. The molecule has 722 valence electrons. The Morgan fingerprint density at radius 2 is 0.916 bits per heavy atom. The Morgan fingerprint density at radius 1 is 0.450 bits per heavy atom. The molecule has 0 saturated carbocycles. The lowest BCUT2D eigenvalue weighted by molar-refractivity contribution is -0.147. The lowest BCUT2D eigenvalue weighted by Crippen LogP contribution is -2.61. The summed E-state index contributed by atoms with van der Waals surface area (Å²) in [6.45, 7) is 12.5. The number of carboxylic acid groups (broad SMARTS) is 3. The Morgan fingerprint density at radius 3 is 1.42 bits per heavy atom. The number of para-hydroxylation sites is 2. The summed E-state index contributed by atoms with van der Waals surface area (Å²) in [6, 6.07) is -6.06. The van der Waals surface area contributed by atoms with Crippen molar-refractivity contribution in [2.75, 3.05) is 70.8 Å². The molecule has 46 nitrogen and oxygen atoms in total. The number of carboxylic acids is 3. The minimum atomic E-state index is -2.22. The molecule has 48 heteroatoms. The molecule has 0 radical (unpaired) electrons. The van der Waals surface area contributed by atoms with Crippen LogP contribution in [0.3, 0.4) is 0 Å². The van der Waals surface area contributed by atoms with Gasteiger partial charge < -0.3 is 141 Å². The largest absolute Gasteiger partial charge is 0.481 e. The summed E-state index contributed by atoms with van der Waals surface area (Å²) >= 11 is 8.35. The molecule has 0 unspecified atom stereocenters. The average molecular weight is 1880 g/mol. The number of carbonyl (C=O) groups excluding carboxylic acids is 14. The maximum atomic E-state index is 14.9. The van der Waals surface area contributed by atoms with Crippen molar-refractivity contribution in [1.29, 1.82) is 5.41 Å². The number of benzene rings is 2. The summed E-state index contributed by atoms with van der Waals surface area (Å²) in [7, 11) is 0. The first-order chi connectivity index (χ1) is 62.1. The van der Waals surface area contributed by atoms with Crippen LogP contribution in [0.2, 0.25) is 0 Å². The summed E-state index contributed by atoms with van der Waals surface area (Å²) in [5, 5.41) is 85.2. The van der Waals surface area contributed by atoms with Gasteiger partial charge in [0.2, 0.25) is 82.8 Å². The Balaban J connectivity index is 1.23. The highest BCUT2D eigenvalue weighted by Gasteiger charge is 2.39. The predicted octanol–water partition coefficient (Wildman–Crippen LogP) is -4.48. The number of amides is 14. The van der Waals surface area contributed by atoms with Gasteiger partial charge in [-0.25, -0.2) is 14.6 Å². The fraction of sp³-hybridized carbons (Fsp3) is 0.554.